The van der Waals surface area contributed by atoms with Crippen LogP contribution in [0.4, 0.5) is 4.39 Å². The fraction of sp³-hybridized carbons (Fsp3) is 0.0909. The molecule has 11 heteroatoms. The van der Waals surface area contributed by atoms with Crippen molar-refractivity contribution >= 4 is 45.3 Å². The highest BCUT2D eigenvalue weighted by Crippen LogP contribution is 2.25. The lowest BCUT2D eigenvalue weighted by atomic mass is 10.2. The van der Waals surface area contributed by atoms with Gasteiger partial charge in [-0.15, -0.1) is 0 Å². The van der Waals surface area contributed by atoms with Crippen LogP contribution >= 0.6 is 23.2 Å². The minimum Gasteiger partial charge on any atom is -0.507 e. The molecule has 3 aromatic rings. The van der Waals surface area contributed by atoms with Gasteiger partial charge in [-0.05, 0) is 48.5 Å². The molecular formula is C22H18Cl2FN3O4S. The van der Waals surface area contributed by atoms with Crippen LogP contribution in [0.15, 0.2) is 76.7 Å². The van der Waals surface area contributed by atoms with Crippen LogP contribution < -0.4 is 5.43 Å². The van der Waals surface area contributed by atoms with Crippen molar-refractivity contribution in [3.8, 4) is 5.75 Å². The van der Waals surface area contributed by atoms with Crippen LogP contribution in [-0.2, 0) is 21.4 Å². The number of carbonyl (C=O) groups is 1. The van der Waals surface area contributed by atoms with Crippen molar-refractivity contribution in [2.75, 3.05) is 6.54 Å². The molecule has 0 heterocycles. The Hall–Kier alpha value is -2.98. The van der Waals surface area contributed by atoms with E-state index in [1.165, 1.54) is 48.7 Å². The standard InChI is InChI=1S/C22H18Cl2FN3O4S/c23-16-8-10-17(11-9-16)33(31,32)28(13-18-19(24)5-3-6-20(18)25)14-22(30)27-26-12-15-4-1-2-7-21(15)29/h1-12,29H,13-14H2,(H,27,30)/b26-12-. The Bertz CT molecular complexity index is 1260. The molecule has 3 aromatic carbocycles. The highest BCUT2D eigenvalue weighted by Gasteiger charge is 2.28. The molecule has 0 spiro atoms. The summed E-state index contributed by atoms with van der Waals surface area (Å²) in [6.07, 6.45) is 1.21. The Kier molecular flexibility index (Phi) is 8.04. The number of rotatable bonds is 8. The Labute approximate surface area is 200 Å². The van der Waals surface area contributed by atoms with Gasteiger partial charge in [-0.25, -0.2) is 18.2 Å². The van der Waals surface area contributed by atoms with E-state index in [-0.39, 0.29) is 21.2 Å². The topological polar surface area (TPSA) is 99.1 Å². The van der Waals surface area contributed by atoms with Gasteiger partial charge in [0.05, 0.1) is 17.7 Å². The molecule has 0 bridgehead atoms. The average molecular weight is 510 g/mol. The number of aromatic hydroxyl groups is 1. The number of amides is 1. The first-order valence-electron chi connectivity index (χ1n) is 9.47. The maximum absolute atomic E-state index is 14.3. The van der Waals surface area contributed by atoms with Crippen LogP contribution in [0.3, 0.4) is 0 Å². The molecule has 0 aromatic heterocycles. The monoisotopic (exact) mass is 509 g/mol. The highest BCUT2D eigenvalue weighted by molar-refractivity contribution is 7.89. The summed E-state index contributed by atoms with van der Waals surface area (Å²) in [6.45, 7) is -1.17. The highest BCUT2D eigenvalue weighted by atomic mass is 35.5. The summed E-state index contributed by atoms with van der Waals surface area (Å²) in [7, 11) is -4.23. The van der Waals surface area contributed by atoms with Crippen molar-refractivity contribution < 1.29 is 22.7 Å². The molecule has 172 valence electrons. The predicted octanol–water partition coefficient (Wildman–Crippen LogP) is 4.18. The molecule has 33 heavy (non-hydrogen) atoms. The SMILES string of the molecule is O=C(CN(Cc1c(F)cccc1Cl)S(=O)(=O)c1ccc(Cl)cc1)N/N=C\c1ccccc1O. The van der Waals surface area contributed by atoms with E-state index in [0.29, 0.717) is 10.6 Å². The number of para-hydroxylation sites is 1. The van der Waals surface area contributed by atoms with Crippen LogP contribution in [0.1, 0.15) is 11.1 Å². The molecular weight excluding hydrogens is 492 g/mol. The smallest absolute Gasteiger partial charge is 0.255 e. The minimum absolute atomic E-state index is 0.0179. The van der Waals surface area contributed by atoms with Crippen molar-refractivity contribution in [1.29, 1.82) is 0 Å². The van der Waals surface area contributed by atoms with Gasteiger partial charge in [0.25, 0.3) is 5.91 Å². The summed E-state index contributed by atoms with van der Waals surface area (Å²) in [5, 5.41) is 13.8. The molecule has 0 radical (unpaired) electrons. The van der Waals surface area contributed by atoms with Crippen LogP contribution in [0.25, 0.3) is 0 Å². The van der Waals surface area contributed by atoms with Crippen molar-refractivity contribution in [1.82, 2.24) is 9.73 Å². The molecule has 0 aliphatic rings. The molecule has 0 saturated carbocycles. The largest absolute Gasteiger partial charge is 0.507 e. The van der Waals surface area contributed by atoms with E-state index >= 15 is 0 Å². The molecule has 0 fully saturated rings. The first kappa shape index (κ1) is 24.7. The second-order valence-electron chi connectivity index (χ2n) is 6.78. The van der Waals surface area contributed by atoms with Gasteiger partial charge in [0, 0.05) is 27.7 Å². The average Bonchev–Trinajstić information content (AvgIpc) is 2.77. The number of phenolic OH excluding ortho intramolecular Hbond substituents is 1. The summed E-state index contributed by atoms with van der Waals surface area (Å²) in [5.74, 6) is -1.54. The number of nitrogens with zero attached hydrogens (tertiary/aromatic N) is 2. The zero-order valence-electron chi connectivity index (χ0n) is 17.0. The molecule has 2 N–H and O–H groups in total. The van der Waals surface area contributed by atoms with E-state index in [0.717, 1.165) is 10.4 Å². The number of nitrogens with one attached hydrogen (secondary N) is 1. The third kappa shape index (κ3) is 6.29. The molecule has 0 unspecified atom stereocenters. The Morgan fingerprint density at radius 3 is 2.42 bits per heavy atom. The minimum atomic E-state index is -4.23. The Morgan fingerprint density at radius 1 is 1.06 bits per heavy atom. The molecule has 0 aliphatic carbocycles. The zero-order chi connectivity index (χ0) is 24.0. The van der Waals surface area contributed by atoms with Gasteiger partial charge in [-0.3, -0.25) is 4.79 Å². The van der Waals surface area contributed by atoms with Crippen molar-refractivity contribution in [3.05, 3.63) is 93.7 Å². The summed E-state index contributed by atoms with van der Waals surface area (Å²) in [5.41, 5.74) is 2.47. The van der Waals surface area contributed by atoms with Crippen molar-refractivity contribution in [2.45, 2.75) is 11.4 Å². The van der Waals surface area contributed by atoms with E-state index < -0.39 is 34.8 Å². The van der Waals surface area contributed by atoms with E-state index in [1.54, 1.807) is 18.2 Å². The summed E-state index contributed by atoms with van der Waals surface area (Å²) < 4.78 is 41.6. The fourth-order valence-electron chi connectivity index (χ4n) is 2.81. The van der Waals surface area contributed by atoms with Gasteiger partial charge < -0.3 is 5.11 Å². The van der Waals surface area contributed by atoms with Crippen molar-refractivity contribution in [3.63, 3.8) is 0 Å². The zero-order valence-corrected chi connectivity index (χ0v) is 19.3. The molecule has 0 atom stereocenters. The number of sulfonamides is 1. The van der Waals surface area contributed by atoms with Crippen LogP contribution in [0.2, 0.25) is 10.0 Å². The molecule has 3 rings (SSSR count). The van der Waals surface area contributed by atoms with Gasteiger partial charge in [-0.2, -0.15) is 9.41 Å². The number of hydrogen-bond donors (Lipinski definition) is 2. The third-order valence-electron chi connectivity index (χ3n) is 4.50. The first-order chi connectivity index (χ1) is 15.7. The van der Waals surface area contributed by atoms with Gasteiger partial charge >= 0.3 is 0 Å². The van der Waals surface area contributed by atoms with Gasteiger partial charge in [0.15, 0.2) is 0 Å². The summed E-state index contributed by atoms with van der Waals surface area (Å²) in [6, 6.07) is 15.6. The maximum Gasteiger partial charge on any atom is 0.255 e. The molecule has 7 nitrogen and oxygen atoms in total. The second kappa shape index (κ2) is 10.8. The lowest BCUT2D eigenvalue weighted by Crippen LogP contribution is -2.39. The van der Waals surface area contributed by atoms with Gasteiger partial charge in [0.1, 0.15) is 11.6 Å². The number of carbonyl (C=O) groups excluding carboxylic acids is 1. The van der Waals surface area contributed by atoms with Crippen LogP contribution in [0.5, 0.6) is 5.75 Å². The molecule has 0 aliphatic heterocycles. The summed E-state index contributed by atoms with van der Waals surface area (Å²) in [4.78, 5) is 12.3. The van der Waals surface area contributed by atoms with Crippen molar-refractivity contribution in [2.24, 2.45) is 5.10 Å². The van der Waals surface area contributed by atoms with Gasteiger partial charge in [0.2, 0.25) is 10.0 Å². The Morgan fingerprint density at radius 2 is 1.76 bits per heavy atom. The molecule has 1 amide bonds. The fourth-order valence-corrected chi connectivity index (χ4v) is 4.52. The number of halogens is 3. The quantitative estimate of drug-likeness (QED) is 0.351. The third-order valence-corrected chi connectivity index (χ3v) is 6.91. The number of hydrazone groups is 1. The lowest BCUT2D eigenvalue weighted by molar-refractivity contribution is -0.121. The first-order valence-corrected chi connectivity index (χ1v) is 11.7. The maximum atomic E-state index is 14.3. The van der Waals surface area contributed by atoms with E-state index in [4.69, 9.17) is 23.2 Å². The predicted molar refractivity (Wildman–Crippen MR) is 124 cm³/mol. The normalized spacial score (nSPS) is 11.8. The molecule has 0 saturated heterocycles. The Balaban J connectivity index is 1.85. The second-order valence-corrected chi connectivity index (χ2v) is 9.56. The van der Waals surface area contributed by atoms with E-state index in [1.807, 2.05) is 0 Å². The lowest BCUT2D eigenvalue weighted by Gasteiger charge is -2.22. The van der Waals surface area contributed by atoms with E-state index in [2.05, 4.69) is 10.5 Å². The van der Waals surface area contributed by atoms with E-state index in [9.17, 15) is 22.7 Å². The van der Waals surface area contributed by atoms with Crippen LogP contribution in [0, 0.1) is 5.82 Å². The van der Waals surface area contributed by atoms with Gasteiger partial charge in [-0.1, -0.05) is 41.4 Å². The summed E-state index contributed by atoms with van der Waals surface area (Å²) >= 11 is 11.9. The number of benzene rings is 3. The van der Waals surface area contributed by atoms with Crippen LogP contribution in [-0.4, -0.2) is 36.5 Å². The number of hydrogen-bond acceptors (Lipinski definition) is 5. The number of phenols is 1.